The van der Waals surface area contributed by atoms with Gasteiger partial charge in [-0.2, -0.15) is 0 Å². The molecule has 1 amide bonds. The molecule has 1 fully saturated rings. The van der Waals surface area contributed by atoms with E-state index in [1.807, 2.05) is 27.8 Å². The van der Waals surface area contributed by atoms with Gasteiger partial charge in [0.1, 0.15) is 5.60 Å². The summed E-state index contributed by atoms with van der Waals surface area (Å²) in [5.74, 6) is 0.574. The monoisotopic (exact) mass is 390 g/mol. The maximum absolute atomic E-state index is 12.3. The van der Waals surface area contributed by atoms with Crippen LogP contribution in [0.25, 0.3) is 0 Å². The first-order valence-electron chi connectivity index (χ1n) is 10.5. The molecular formula is C23H38N2O3. The summed E-state index contributed by atoms with van der Waals surface area (Å²) in [5.41, 5.74) is 2.26. The average molecular weight is 391 g/mol. The van der Waals surface area contributed by atoms with Gasteiger partial charge in [-0.25, -0.2) is 4.79 Å². The smallest absolute Gasteiger partial charge is 0.410 e. The summed E-state index contributed by atoms with van der Waals surface area (Å²) in [6.45, 7) is 7.79. The minimum atomic E-state index is -0.448. The van der Waals surface area contributed by atoms with Gasteiger partial charge in [0.25, 0.3) is 0 Å². The Kier molecular flexibility index (Phi) is 8.32. The van der Waals surface area contributed by atoms with Crippen LogP contribution < -0.4 is 0 Å². The van der Waals surface area contributed by atoms with Gasteiger partial charge < -0.3 is 19.6 Å². The number of hydrogen-bond donors (Lipinski definition) is 1. The second-order valence-electron chi connectivity index (χ2n) is 9.15. The molecule has 5 nitrogen and oxygen atoms in total. The lowest BCUT2D eigenvalue weighted by atomic mass is 9.81. The van der Waals surface area contributed by atoms with Crippen molar-refractivity contribution in [2.75, 3.05) is 27.2 Å². The van der Waals surface area contributed by atoms with E-state index in [9.17, 15) is 4.79 Å². The van der Waals surface area contributed by atoms with Crippen LogP contribution in [0.4, 0.5) is 4.79 Å². The molecule has 1 aliphatic rings. The topological polar surface area (TPSA) is 53.0 Å². The lowest BCUT2D eigenvalue weighted by molar-refractivity contribution is 0.0183. The van der Waals surface area contributed by atoms with Crippen LogP contribution in [0.3, 0.4) is 0 Å². The Morgan fingerprint density at radius 2 is 1.71 bits per heavy atom. The van der Waals surface area contributed by atoms with Crippen LogP contribution in [0.2, 0.25) is 0 Å². The number of aliphatic hydroxyl groups is 1. The highest BCUT2D eigenvalue weighted by atomic mass is 16.6. The van der Waals surface area contributed by atoms with E-state index in [4.69, 9.17) is 9.84 Å². The van der Waals surface area contributed by atoms with Crippen molar-refractivity contribution in [3.8, 4) is 0 Å². The largest absolute Gasteiger partial charge is 0.444 e. The maximum Gasteiger partial charge on any atom is 0.410 e. The molecule has 1 N–H and O–H groups in total. The molecule has 0 heterocycles. The summed E-state index contributed by atoms with van der Waals surface area (Å²) in [6, 6.07) is 9.24. The van der Waals surface area contributed by atoms with Crippen LogP contribution in [0, 0.1) is 0 Å². The lowest BCUT2D eigenvalue weighted by Gasteiger charge is -2.35. The van der Waals surface area contributed by atoms with E-state index in [0.717, 1.165) is 45.2 Å². The summed E-state index contributed by atoms with van der Waals surface area (Å²) in [4.78, 5) is 16.3. The van der Waals surface area contributed by atoms with E-state index >= 15 is 0 Å². The van der Waals surface area contributed by atoms with Crippen LogP contribution in [0.5, 0.6) is 0 Å². The van der Waals surface area contributed by atoms with Crippen LogP contribution in [-0.2, 0) is 11.3 Å². The molecule has 0 bridgehead atoms. The third-order valence-electron chi connectivity index (χ3n) is 5.53. The number of hydrogen-bond acceptors (Lipinski definition) is 4. The Labute approximate surface area is 170 Å². The number of amides is 1. The quantitative estimate of drug-likeness (QED) is 0.750. The Morgan fingerprint density at radius 3 is 2.25 bits per heavy atom. The molecule has 0 unspecified atom stereocenters. The molecule has 0 saturated heterocycles. The molecule has 158 valence electrons. The predicted molar refractivity (Wildman–Crippen MR) is 113 cm³/mol. The van der Waals surface area contributed by atoms with Gasteiger partial charge in [-0.05, 0) is 77.0 Å². The number of ether oxygens (including phenoxy) is 1. The molecule has 2 rings (SSSR count). The number of benzene rings is 1. The highest BCUT2D eigenvalue weighted by molar-refractivity contribution is 5.68. The first kappa shape index (κ1) is 22.7. The van der Waals surface area contributed by atoms with Crippen molar-refractivity contribution in [3.05, 3.63) is 35.4 Å². The number of aliphatic hydroxyl groups excluding tert-OH is 1. The molecule has 1 aromatic rings. The molecule has 0 aromatic heterocycles. The molecule has 0 aliphatic heterocycles. The van der Waals surface area contributed by atoms with Gasteiger partial charge in [-0.15, -0.1) is 0 Å². The molecule has 0 atom stereocenters. The number of carbonyl (C=O) groups excluding carboxylic acids is 1. The van der Waals surface area contributed by atoms with Crippen LogP contribution in [0.15, 0.2) is 24.3 Å². The molecule has 1 aromatic carbocycles. The van der Waals surface area contributed by atoms with Crippen molar-refractivity contribution in [1.82, 2.24) is 9.80 Å². The van der Waals surface area contributed by atoms with Gasteiger partial charge in [0.15, 0.2) is 0 Å². The highest BCUT2D eigenvalue weighted by Gasteiger charge is 2.29. The summed E-state index contributed by atoms with van der Waals surface area (Å²) < 4.78 is 5.50. The minimum absolute atomic E-state index is 0.217. The average Bonchev–Trinajstić information content (AvgIpc) is 2.65. The number of carbonyl (C=O) groups is 1. The molecule has 28 heavy (non-hydrogen) atoms. The fraction of sp³-hybridized carbons (Fsp3) is 0.696. The molecule has 0 spiro atoms. The first-order valence-corrected chi connectivity index (χ1v) is 10.5. The van der Waals surface area contributed by atoms with Gasteiger partial charge in [-0.1, -0.05) is 24.3 Å². The van der Waals surface area contributed by atoms with Gasteiger partial charge in [0, 0.05) is 32.8 Å². The fourth-order valence-electron chi connectivity index (χ4n) is 3.91. The van der Waals surface area contributed by atoms with Gasteiger partial charge in [-0.3, -0.25) is 0 Å². The zero-order valence-corrected chi connectivity index (χ0v) is 18.3. The van der Waals surface area contributed by atoms with E-state index in [1.54, 1.807) is 4.90 Å². The van der Waals surface area contributed by atoms with Crippen LogP contribution >= 0.6 is 0 Å². The van der Waals surface area contributed by atoms with E-state index < -0.39 is 5.60 Å². The second-order valence-corrected chi connectivity index (χ2v) is 9.15. The van der Waals surface area contributed by atoms with Crippen molar-refractivity contribution in [1.29, 1.82) is 0 Å². The van der Waals surface area contributed by atoms with Crippen molar-refractivity contribution in [3.63, 3.8) is 0 Å². The van der Waals surface area contributed by atoms with Crippen molar-refractivity contribution in [2.45, 2.75) is 77.0 Å². The normalized spacial score (nSPS) is 20.2. The number of nitrogens with zero attached hydrogens (tertiary/aromatic N) is 2. The lowest BCUT2D eigenvalue weighted by Crippen LogP contribution is -2.42. The third-order valence-corrected chi connectivity index (χ3v) is 5.53. The zero-order valence-electron chi connectivity index (χ0n) is 18.3. The molecule has 1 saturated carbocycles. The summed E-state index contributed by atoms with van der Waals surface area (Å²) >= 11 is 0. The Bertz CT molecular complexity index is 601. The third kappa shape index (κ3) is 7.10. The zero-order chi connectivity index (χ0) is 20.7. The minimum Gasteiger partial charge on any atom is -0.444 e. The van der Waals surface area contributed by atoms with E-state index in [0.29, 0.717) is 5.92 Å². The summed E-state index contributed by atoms with van der Waals surface area (Å²) in [5, 5.41) is 8.94. The van der Waals surface area contributed by atoms with Crippen LogP contribution in [0.1, 0.15) is 69.9 Å². The Hall–Kier alpha value is -1.59. The van der Waals surface area contributed by atoms with Gasteiger partial charge >= 0.3 is 6.09 Å². The van der Waals surface area contributed by atoms with E-state index in [-0.39, 0.29) is 18.7 Å². The fourth-order valence-corrected chi connectivity index (χ4v) is 3.91. The van der Waals surface area contributed by atoms with Gasteiger partial charge in [0.05, 0.1) is 0 Å². The predicted octanol–water partition coefficient (Wildman–Crippen LogP) is 4.39. The Balaban J connectivity index is 1.83. The molecule has 5 heteroatoms. The van der Waals surface area contributed by atoms with Crippen molar-refractivity contribution in [2.24, 2.45) is 0 Å². The molecule has 0 radical (unpaired) electrons. The Morgan fingerprint density at radius 1 is 1.11 bits per heavy atom. The highest BCUT2D eigenvalue weighted by Crippen LogP contribution is 2.35. The summed E-state index contributed by atoms with van der Waals surface area (Å²) in [7, 11) is 3.95. The maximum atomic E-state index is 12.3. The number of rotatable bonds is 7. The standard InChI is InChI=1S/C23H38N2O3/c1-23(2,3)28-22(27)25(5)21-13-11-20(12-14-21)19-9-7-18(8-10-19)17-24(4)15-6-16-26/h7-10,20-21,26H,6,11-17H2,1-5H3. The van der Waals surface area contributed by atoms with Crippen LogP contribution in [-0.4, -0.2) is 59.9 Å². The molecular weight excluding hydrogens is 352 g/mol. The van der Waals surface area contributed by atoms with E-state index in [1.165, 1.54) is 11.1 Å². The van der Waals surface area contributed by atoms with Crippen molar-refractivity contribution >= 4 is 6.09 Å². The van der Waals surface area contributed by atoms with Crippen molar-refractivity contribution < 1.29 is 14.6 Å². The van der Waals surface area contributed by atoms with Gasteiger partial charge in [0.2, 0.25) is 0 Å². The second kappa shape index (κ2) is 10.3. The first-order chi connectivity index (χ1) is 13.2. The van der Waals surface area contributed by atoms with E-state index in [2.05, 4.69) is 36.2 Å². The summed E-state index contributed by atoms with van der Waals surface area (Å²) in [6.07, 6.45) is 4.85. The SMILES string of the molecule is CN(CCCO)Cc1ccc(C2CCC(N(C)C(=O)OC(C)(C)C)CC2)cc1. The molecule has 1 aliphatic carbocycles.